The van der Waals surface area contributed by atoms with Crippen LogP contribution in [0.15, 0.2) is 194 Å². The third kappa shape index (κ3) is 4.85. The monoisotopic (exact) mass is 632 g/mol. The first-order valence-electron chi connectivity index (χ1n) is 17.3. The predicted molar refractivity (Wildman–Crippen MR) is 216 cm³/mol. The fraction of sp³-hybridized carbons (Fsp3) is 0. The van der Waals surface area contributed by atoms with E-state index in [2.05, 4.69) is 194 Å². The van der Waals surface area contributed by atoms with Crippen molar-refractivity contribution >= 4 is 53.9 Å². The van der Waals surface area contributed by atoms with Gasteiger partial charge >= 0.3 is 0 Å². The van der Waals surface area contributed by atoms with Gasteiger partial charge in [-0.25, -0.2) is 0 Å². The van der Waals surface area contributed by atoms with E-state index < -0.39 is 0 Å². The minimum absolute atomic E-state index is 1.22. The lowest BCUT2D eigenvalue weighted by Crippen LogP contribution is -1.87. The molecule has 0 N–H and O–H groups in total. The second-order valence-corrected chi connectivity index (χ2v) is 13.4. The Kier molecular flexibility index (Phi) is 6.60. The molecule has 0 nitrogen and oxygen atoms in total. The average Bonchev–Trinajstić information content (AvgIpc) is 3.20. The molecule has 0 aliphatic rings. The van der Waals surface area contributed by atoms with E-state index in [4.69, 9.17) is 0 Å². The zero-order valence-electron chi connectivity index (χ0n) is 27.5. The maximum absolute atomic E-state index is 2.37. The van der Waals surface area contributed by atoms with Crippen LogP contribution in [0.4, 0.5) is 0 Å². The Balaban J connectivity index is 1.06. The van der Waals surface area contributed by atoms with Crippen LogP contribution >= 0.6 is 0 Å². The molecule has 0 fully saturated rings. The minimum Gasteiger partial charge on any atom is -0.0622 e. The van der Waals surface area contributed by atoms with Crippen LogP contribution in [0.3, 0.4) is 0 Å². The average molecular weight is 633 g/mol. The first-order chi connectivity index (χ1) is 24.7. The summed E-state index contributed by atoms with van der Waals surface area (Å²) in [5.74, 6) is 0. The van der Waals surface area contributed by atoms with Crippen LogP contribution in [0, 0.1) is 0 Å². The Bertz CT molecular complexity index is 2840. The van der Waals surface area contributed by atoms with Crippen LogP contribution in [-0.4, -0.2) is 0 Å². The standard InChI is InChI=1S/C50H32/c1-3-9-33(10-4-1)42-29-43(34-11-5-2-6-12-34)31-44(30-42)38-22-24-47-41(28-38)18-17-40-27-37(21-23-46(40)47)39-16-15-36-20-25-48-45-14-8-7-13-35(45)19-26-49(48)50(36)32-39/h1-32H. The Labute approximate surface area is 291 Å². The SMILES string of the molecule is c1ccc(-c2cc(-c3ccccc3)cc(-c3ccc4c(ccc5cc(-c6ccc7ccc8c9ccccc9ccc8c7c6)ccc54)c3)c2)cc1. The molecule has 0 heterocycles. The molecule has 0 atom stereocenters. The topological polar surface area (TPSA) is 0 Å². The number of hydrogen-bond donors (Lipinski definition) is 0. The molecule has 50 heavy (non-hydrogen) atoms. The van der Waals surface area contributed by atoms with E-state index in [1.165, 1.54) is 98.4 Å². The van der Waals surface area contributed by atoms with E-state index in [1.54, 1.807) is 0 Å². The maximum atomic E-state index is 2.37. The second kappa shape index (κ2) is 11.6. The van der Waals surface area contributed by atoms with E-state index in [9.17, 15) is 0 Å². The van der Waals surface area contributed by atoms with Crippen LogP contribution in [0.25, 0.3) is 98.4 Å². The Hall–Kier alpha value is -6.50. The van der Waals surface area contributed by atoms with Gasteiger partial charge in [0.25, 0.3) is 0 Å². The Morgan fingerprint density at radius 1 is 0.160 bits per heavy atom. The molecule has 0 amide bonds. The summed E-state index contributed by atoms with van der Waals surface area (Å²) in [6.07, 6.45) is 0. The van der Waals surface area contributed by atoms with Crippen LogP contribution in [0.1, 0.15) is 0 Å². The highest BCUT2D eigenvalue weighted by Gasteiger charge is 2.11. The van der Waals surface area contributed by atoms with E-state index in [0.29, 0.717) is 0 Å². The summed E-state index contributed by atoms with van der Waals surface area (Å²) in [5.41, 5.74) is 9.82. The summed E-state index contributed by atoms with van der Waals surface area (Å²) >= 11 is 0. The molecule has 0 heteroatoms. The Morgan fingerprint density at radius 3 is 1.16 bits per heavy atom. The van der Waals surface area contributed by atoms with Crippen LogP contribution < -0.4 is 0 Å². The highest BCUT2D eigenvalue weighted by Crippen LogP contribution is 2.38. The molecule has 0 aliphatic carbocycles. The van der Waals surface area contributed by atoms with Gasteiger partial charge in [0, 0.05) is 0 Å². The summed E-state index contributed by atoms with van der Waals surface area (Å²) in [5, 5.41) is 12.8. The smallest absolute Gasteiger partial charge is 0.00987 e. The molecule has 0 aromatic heterocycles. The molecule has 0 spiro atoms. The van der Waals surface area contributed by atoms with Gasteiger partial charge in [-0.05, 0) is 135 Å². The van der Waals surface area contributed by atoms with Crippen LogP contribution in [0.5, 0.6) is 0 Å². The van der Waals surface area contributed by atoms with Crippen LogP contribution in [-0.2, 0) is 0 Å². The first kappa shape index (κ1) is 28.5. The van der Waals surface area contributed by atoms with Crippen molar-refractivity contribution in [3.05, 3.63) is 194 Å². The van der Waals surface area contributed by atoms with E-state index in [0.717, 1.165) is 0 Å². The van der Waals surface area contributed by atoms with E-state index in [1.807, 2.05) is 0 Å². The molecule has 0 bridgehead atoms. The molecular weight excluding hydrogens is 601 g/mol. The van der Waals surface area contributed by atoms with Gasteiger partial charge in [-0.1, -0.05) is 158 Å². The molecule has 0 saturated carbocycles. The van der Waals surface area contributed by atoms with Crippen molar-refractivity contribution in [2.45, 2.75) is 0 Å². The van der Waals surface area contributed by atoms with Gasteiger partial charge in [0.1, 0.15) is 0 Å². The lowest BCUT2D eigenvalue weighted by Gasteiger charge is -2.13. The van der Waals surface area contributed by atoms with Crippen molar-refractivity contribution in [3.63, 3.8) is 0 Å². The van der Waals surface area contributed by atoms with Gasteiger partial charge in [-0.15, -0.1) is 0 Å². The van der Waals surface area contributed by atoms with E-state index in [-0.39, 0.29) is 0 Å². The van der Waals surface area contributed by atoms with Gasteiger partial charge in [0.15, 0.2) is 0 Å². The molecule has 0 radical (unpaired) electrons. The molecule has 0 aliphatic heterocycles. The number of fused-ring (bicyclic) bond motifs is 8. The molecule has 0 unspecified atom stereocenters. The van der Waals surface area contributed by atoms with Crippen molar-refractivity contribution in [3.8, 4) is 44.5 Å². The largest absolute Gasteiger partial charge is 0.0622 e. The van der Waals surface area contributed by atoms with E-state index >= 15 is 0 Å². The van der Waals surface area contributed by atoms with Gasteiger partial charge in [0.2, 0.25) is 0 Å². The van der Waals surface area contributed by atoms with Gasteiger partial charge in [-0.2, -0.15) is 0 Å². The minimum atomic E-state index is 1.22. The highest BCUT2D eigenvalue weighted by atomic mass is 14.2. The quantitative estimate of drug-likeness (QED) is 0.169. The lowest BCUT2D eigenvalue weighted by atomic mass is 9.91. The highest BCUT2D eigenvalue weighted by molar-refractivity contribution is 6.18. The van der Waals surface area contributed by atoms with Gasteiger partial charge < -0.3 is 0 Å². The summed E-state index contributed by atoms with van der Waals surface area (Å²) in [6.45, 7) is 0. The zero-order chi connectivity index (χ0) is 33.0. The van der Waals surface area contributed by atoms with Crippen molar-refractivity contribution in [1.82, 2.24) is 0 Å². The third-order valence-corrected chi connectivity index (χ3v) is 10.4. The fourth-order valence-electron chi connectivity index (χ4n) is 7.82. The number of hydrogen-bond acceptors (Lipinski definition) is 0. The molecular formula is C50H32. The molecule has 232 valence electrons. The normalized spacial score (nSPS) is 11.6. The third-order valence-electron chi connectivity index (χ3n) is 10.4. The first-order valence-corrected chi connectivity index (χ1v) is 17.3. The summed E-state index contributed by atoms with van der Waals surface area (Å²) < 4.78 is 0. The molecule has 10 aromatic carbocycles. The van der Waals surface area contributed by atoms with Crippen molar-refractivity contribution in [1.29, 1.82) is 0 Å². The van der Waals surface area contributed by atoms with Crippen molar-refractivity contribution in [2.24, 2.45) is 0 Å². The summed E-state index contributed by atoms with van der Waals surface area (Å²) in [7, 11) is 0. The molecule has 10 aromatic rings. The van der Waals surface area contributed by atoms with Gasteiger partial charge in [0.05, 0.1) is 0 Å². The predicted octanol–water partition coefficient (Wildman–Crippen LogP) is 14.1. The van der Waals surface area contributed by atoms with Crippen molar-refractivity contribution < 1.29 is 0 Å². The second-order valence-electron chi connectivity index (χ2n) is 13.4. The fourth-order valence-corrected chi connectivity index (χ4v) is 7.82. The molecule has 10 rings (SSSR count). The number of rotatable bonds is 4. The lowest BCUT2D eigenvalue weighted by molar-refractivity contribution is 1.57. The number of benzene rings is 10. The van der Waals surface area contributed by atoms with Crippen molar-refractivity contribution in [2.75, 3.05) is 0 Å². The Morgan fingerprint density at radius 2 is 0.540 bits per heavy atom. The summed E-state index contributed by atoms with van der Waals surface area (Å²) in [4.78, 5) is 0. The summed E-state index contributed by atoms with van der Waals surface area (Å²) in [6, 6.07) is 71.4. The maximum Gasteiger partial charge on any atom is -0.00987 e. The van der Waals surface area contributed by atoms with Gasteiger partial charge in [-0.3, -0.25) is 0 Å². The zero-order valence-corrected chi connectivity index (χ0v) is 27.5. The molecule has 0 saturated heterocycles. The van der Waals surface area contributed by atoms with Crippen LogP contribution in [0.2, 0.25) is 0 Å².